The maximum Gasteiger partial charge on any atom is 0.261 e. The molecule has 24 heavy (non-hydrogen) atoms. The van der Waals surface area contributed by atoms with E-state index in [-0.39, 0.29) is 10.8 Å². The number of nitrogens with one attached hydrogen (secondary N) is 1. The molecule has 2 aromatic carbocycles. The lowest BCUT2D eigenvalue weighted by molar-refractivity contribution is -0.116. The Morgan fingerprint density at radius 2 is 1.54 bits per heavy atom. The maximum atomic E-state index is 12.4. The number of rotatable bonds is 5. The van der Waals surface area contributed by atoms with Gasteiger partial charge in [0.25, 0.3) is 10.0 Å². The monoisotopic (exact) mass is 346 g/mol. The van der Waals surface area contributed by atoms with Gasteiger partial charge in [-0.2, -0.15) is 0 Å². The minimum Gasteiger partial charge on any atom is -0.316 e. The van der Waals surface area contributed by atoms with Crippen molar-refractivity contribution in [2.24, 2.45) is 0 Å². The van der Waals surface area contributed by atoms with Crippen molar-refractivity contribution < 1.29 is 13.2 Å². The average Bonchev–Trinajstić information content (AvgIpc) is 2.54. The van der Waals surface area contributed by atoms with Crippen LogP contribution in [0.1, 0.15) is 32.3 Å². The van der Waals surface area contributed by atoms with E-state index in [4.69, 9.17) is 0 Å². The number of benzene rings is 2. The molecule has 128 valence electrons. The van der Waals surface area contributed by atoms with Crippen molar-refractivity contribution in [2.45, 2.75) is 31.6 Å². The molecule has 0 saturated heterocycles. The molecule has 5 nitrogen and oxygen atoms in total. The first-order valence-electron chi connectivity index (χ1n) is 7.68. The molecule has 1 amide bonds. The normalized spacial score (nSPS) is 11.4. The molecule has 0 atom stereocenters. The van der Waals surface area contributed by atoms with Gasteiger partial charge in [-0.15, -0.1) is 0 Å². The van der Waals surface area contributed by atoms with Crippen molar-refractivity contribution in [3.05, 3.63) is 54.1 Å². The minimum absolute atomic E-state index is 0.117. The van der Waals surface area contributed by atoms with Crippen molar-refractivity contribution in [2.75, 3.05) is 16.7 Å². The van der Waals surface area contributed by atoms with Crippen LogP contribution in [0.4, 0.5) is 11.4 Å². The van der Waals surface area contributed by atoms with Crippen LogP contribution in [0.5, 0.6) is 0 Å². The SMILES string of the molecule is CC(=O)N(C)c1ccc(S(=O)(=O)Nc2ccc(C(C)C)cc2)cc1. The van der Waals surface area contributed by atoms with E-state index >= 15 is 0 Å². The largest absolute Gasteiger partial charge is 0.316 e. The molecule has 0 unspecified atom stereocenters. The van der Waals surface area contributed by atoms with E-state index < -0.39 is 10.0 Å². The summed E-state index contributed by atoms with van der Waals surface area (Å²) in [4.78, 5) is 12.9. The van der Waals surface area contributed by atoms with E-state index in [0.29, 0.717) is 17.3 Å². The molecular weight excluding hydrogens is 324 g/mol. The highest BCUT2D eigenvalue weighted by Gasteiger charge is 2.15. The van der Waals surface area contributed by atoms with Gasteiger partial charge >= 0.3 is 0 Å². The van der Waals surface area contributed by atoms with Crippen molar-refractivity contribution in [1.29, 1.82) is 0 Å². The molecule has 0 saturated carbocycles. The lowest BCUT2D eigenvalue weighted by Gasteiger charge is -2.15. The third-order valence-corrected chi connectivity index (χ3v) is 5.23. The summed E-state index contributed by atoms with van der Waals surface area (Å²) in [5, 5.41) is 0. The molecule has 0 aromatic heterocycles. The summed E-state index contributed by atoms with van der Waals surface area (Å²) in [5.74, 6) is 0.274. The molecule has 2 aromatic rings. The van der Waals surface area contributed by atoms with Gasteiger partial charge in [0.2, 0.25) is 5.91 Å². The average molecular weight is 346 g/mol. The molecular formula is C18H22N2O3S. The zero-order chi connectivity index (χ0) is 17.9. The van der Waals surface area contributed by atoms with Crippen molar-refractivity contribution in [3.8, 4) is 0 Å². The van der Waals surface area contributed by atoms with E-state index in [9.17, 15) is 13.2 Å². The Kier molecular flexibility index (Phi) is 5.29. The highest BCUT2D eigenvalue weighted by Crippen LogP contribution is 2.22. The predicted octanol–water partition coefficient (Wildman–Crippen LogP) is 3.59. The van der Waals surface area contributed by atoms with Crippen LogP contribution in [-0.2, 0) is 14.8 Å². The van der Waals surface area contributed by atoms with Crippen LogP contribution in [-0.4, -0.2) is 21.4 Å². The summed E-state index contributed by atoms with van der Waals surface area (Å²) in [6.45, 7) is 5.62. The smallest absolute Gasteiger partial charge is 0.261 e. The number of nitrogens with zero attached hydrogens (tertiary/aromatic N) is 1. The molecule has 2 rings (SSSR count). The standard InChI is InChI=1S/C18H22N2O3S/c1-13(2)15-5-7-16(8-6-15)19-24(22,23)18-11-9-17(10-12-18)20(4)14(3)21/h5-13,19H,1-4H3. The van der Waals surface area contributed by atoms with E-state index in [1.165, 1.54) is 24.0 Å². The summed E-state index contributed by atoms with van der Waals surface area (Å²) < 4.78 is 27.5. The Hall–Kier alpha value is -2.34. The minimum atomic E-state index is -3.66. The predicted molar refractivity (Wildman–Crippen MR) is 96.9 cm³/mol. The van der Waals surface area contributed by atoms with Gasteiger partial charge < -0.3 is 4.90 Å². The third-order valence-electron chi connectivity index (χ3n) is 3.84. The lowest BCUT2D eigenvalue weighted by atomic mass is 10.0. The highest BCUT2D eigenvalue weighted by molar-refractivity contribution is 7.92. The van der Waals surface area contributed by atoms with Gasteiger partial charge in [-0.05, 0) is 47.9 Å². The second-order valence-corrected chi connectivity index (χ2v) is 7.64. The van der Waals surface area contributed by atoms with E-state index in [1.807, 2.05) is 12.1 Å². The second-order valence-electron chi connectivity index (χ2n) is 5.95. The summed E-state index contributed by atoms with van der Waals surface area (Å²) in [6.07, 6.45) is 0. The first-order chi connectivity index (χ1) is 11.2. The Morgan fingerprint density at radius 1 is 1.00 bits per heavy atom. The summed E-state index contributed by atoms with van der Waals surface area (Å²) in [7, 11) is -2.02. The molecule has 0 heterocycles. The van der Waals surface area contributed by atoms with Gasteiger partial charge in [0.1, 0.15) is 0 Å². The van der Waals surface area contributed by atoms with Crippen molar-refractivity contribution in [1.82, 2.24) is 0 Å². The fourth-order valence-electron chi connectivity index (χ4n) is 2.18. The number of carbonyl (C=O) groups excluding carboxylic acids is 1. The molecule has 0 aliphatic heterocycles. The van der Waals surface area contributed by atoms with E-state index in [1.54, 1.807) is 31.3 Å². The second kappa shape index (κ2) is 7.05. The topological polar surface area (TPSA) is 66.5 Å². The van der Waals surface area contributed by atoms with Gasteiger partial charge in [0.05, 0.1) is 4.90 Å². The zero-order valence-corrected chi connectivity index (χ0v) is 15.1. The van der Waals surface area contributed by atoms with Gasteiger partial charge in [-0.1, -0.05) is 26.0 Å². The van der Waals surface area contributed by atoms with Gasteiger partial charge in [0, 0.05) is 25.3 Å². The summed E-state index contributed by atoms with van der Waals surface area (Å²) in [5.41, 5.74) is 2.31. The summed E-state index contributed by atoms with van der Waals surface area (Å²) >= 11 is 0. The Balaban J connectivity index is 2.19. The zero-order valence-electron chi connectivity index (χ0n) is 14.3. The van der Waals surface area contributed by atoms with Crippen LogP contribution in [0.2, 0.25) is 0 Å². The van der Waals surface area contributed by atoms with Crippen LogP contribution in [0.15, 0.2) is 53.4 Å². The lowest BCUT2D eigenvalue weighted by Crippen LogP contribution is -2.22. The third kappa shape index (κ3) is 4.14. The van der Waals surface area contributed by atoms with Crippen molar-refractivity contribution >= 4 is 27.3 Å². The number of anilines is 2. The number of sulfonamides is 1. The maximum absolute atomic E-state index is 12.4. The Bertz CT molecular complexity index is 810. The molecule has 0 fully saturated rings. The number of hydrogen-bond acceptors (Lipinski definition) is 3. The van der Waals surface area contributed by atoms with Gasteiger partial charge in [-0.25, -0.2) is 8.42 Å². The fraction of sp³-hybridized carbons (Fsp3) is 0.278. The molecule has 0 aliphatic carbocycles. The molecule has 6 heteroatoms. The molecule has 0 aliphatic rings. The molecule has 0 bridgehead atoms. The molecule has 0 spiro atoms. The van der Waals surface area contributed by atoms with E-state index in [0.717, 1.165) is 5.56 Å². The molecule has 1 N–H and O–H groups in total. The Labute approximate surface area is 143 Å². The quantitative estimate of drug-likeness (QED) is 0.899. The van der Waals surface area contributed by atoms with Gasteiger partial charge in [-0.3, -0.25) is 9.52 Å². The summed E-state index contributed by atoms with van der Waals surface area (Å²) in [6, 6.07) is 13.5. The first kappa shape index (κ1) is 18.0. The molecule has 0 radical (unpaired) electrons. The van der Waals surface area contributed by atoms with Crippen LogP contribution < -0.4 is 9.62 Å². The first-order valence-corrected chi connectivity index (χ1v) is 9.16. The fourth-order valence-corrected chi connectivity index (χ4v) is 3.24. The van der Waals surface area contributed by atoms with Crippen LogP contribution in [0.25, 0.3) is 0 Å². The van der Waals surface area contributed by atoms with Crippen molar-refractivity contribution in [3.63, 3.8) is 0 Å². The van der Waals surface area contributed by atoms with Crippen LogP contribution in [0.3, 0.4) is 0 Å². The Morgan fingerprint density at radius 3 is 2.00 bits per heavy atom. The number of amides is 1. The van der Waals surface area contributed by atoms with E-state index in [2.05, 4.69) is 18.6 Å². The highest BCUT2D eigenvalue weighted by atomic mass is 32.2. The van der Waals surface area contributed by atoms with Gasteiger partial charge in [0.15, 0.2) is 0 Å². The number of carbonyl (C=O) groups is 1. The number of hydrogen-bond donors (Lipinski definition) is 1. The van der Waals surface area contributed by atoms with Crippen LogP contribution in [0, 0.1) is 0 Å². The van der Waals surface area contributed by atoms with Crippen LogP contribution >= 0.6 is 0 Å².